The quantitative estimate of drug-likeness (QED) is 0.875. The van der Waals surface area contributed by atoms with Crippen LogP contribution in [0.1, 0.15) is 23.4 Å². The lowest BCUT2D eigenvalue weighted by molar-refractivity contribution is 0.607. The van der Waals surface area contributed by atoms with Crippen LogP contribution in [0.2, 0.25) is 5.02 Å². The number of rotatable bonds is 4. The highest BCUT2D eigenvalue weighted by molar-refractivity contribution is 7.10. The summed E-state index contributed by atoms with van der Waals surface area (Å²) in [4.78, 5) is 1.17. The molecule has 1 nitrogen and oxygen atoms in total. The monoisotopic (exact) mass is 269 g/mol. The van der Waals surface area contributed by atoms with Crippen molar-refractivity contribution in [3.63, 3.8) is 0 Å². The van der Waals surface area contributed by atoms with Gasteiger partial charge < -0.3 is 5.32 Å². The second-order valence-electron chi connectivity index (χ2n) is 3.68. The molecule has 0 saturated carbocycles. The van der Waals surface area contributed by atoms with Crippen LogP contribution in [0.25, 0.3) is 0 Å². The molecule has 0 saturated heterocycles. The zero-order valence-electron chi connectivity index (χ0n) is 9.41. The van der Waals surface area contributed by atoms with Crippen LogP contribution < -0.4 is 5.32 Å². The first-order valence-electron chi connectivity index (χ1n) is 5.44. The van der Waals surface area contributed by atoms with Crippen molar-refractivity contribution in [2.75, 3.05) is 6.54 Å². The third-order valence-corrected chi connectivity index (χ3v) is 3.76. The van der Waals surface area contributed by atoms with Crippen molar-refractivity contribution in [1.82, 2.24) is 5.32 Å². The summed E-state index contributed by atoms with van der Waals surface area (Å²) in [5.74, 6) is -0.372. The molecule has 0 bridgehead atoms. The molecule has 0 aliphatic heterocycles. The fourth-order valence-electron chi connectivity index (χ4n) is 1.73. The summed E-state index contributed by atoms with van der Waals surface area (Å²) in [5, 5.41) is 5.53. The van der Waals surface area contributed by atoms with Crippen molar-refractivity contribution in [3.8, 4) is 0 Å². The van der Waals surface area contributed by atoms with Crippen LogP contribution >= 0.6 is 22.9 Å². The Morgan fingerprint density at radius 1 is 1.41 bits per heavy atom. The Morgan fingerprint density at radius 2 is 2.24 bits per heavy atom. The summed E-state index contributed by atoms with van der Waals surface area (Å²) < 4.78 is 13.5. The zero-order chi connectivity index (χ0) is 12.3. The van der Waals surface area contributed by atoms with E-state index in [1.54, 1.807) is 17.4 Å². The molecule has 2 rings (SSSR count). The van der Waals surface area contributed by atoms with Crippen molar-refractivity contribution >= 4 is 22.9 Å². The van der Waals surface area contributed by atoms with E-state index in [1.165, 1.54) is 10.9 Å². The van der Waals surface area contributed by atoms with E-state index in [0.29, 0.717) is 0 Å². The molecular formula is C13H13ClFNS. The number of benzene rings is 1. The van der Waals surface area contributed by atoms with Crippen LogP contribution in [0.5, 0.6) is 0 Å². The van der Waals surface area contributed by atoms with Crippen molar-refractivity contribution in [3.05, 3.63) is 57.0 Å². The van der Waals surface area contributed by atoms with Gasteiger partial charge in [0.15, 0.2) is 0 Å². The molecular weight excluding hydrogens is 257 g/mol. The topological polar surface area (TPSA) is 12.0 Å². The van der Waals surface area contributed by atoms with E-state index >= 15 is 0 Å². The summed E-state index contributed by atoms with van der Waals surface area (Å²) in [6, 6.07) is 9.03. The van der Waals surface area contributed by atoms with Crippen LogP contribution in [-0.2, 0) is 0 Å². The zero-order valence-corrected chi connectivity index (χ0v) is 11.0. The van der Waals surface area contributed by atoms with Gasteiger partial charge in [-0.15, -0.1) is 11.3 Å². The van der Waals surface area contributed by atoms with Gasteiger partial charge in [-0.25, -0.2) is 4.39 Å². The molecule has 1 heterocycles. The third kappa shape index (κ3) is 2.86. The summed E-state index contributed by atoms with van der Waals surface area (Å²) in [6.07, 6.45) is 0. The van der Waals surface area contributed by atoms with Crippen LogP contribution in [0.4, 0.5) is 4.39 Å². The third-order valence-electron chi connectivity index (χ3n) is 2.51. The number of hydrogen-bond donors (Lipinski definition) is 1. The maximum Gasteiger partial charge on any atom is 0.142 e. The maximum absolute atomic E-state index is 13.5. The fourth-order valence-corrected chi connectivity index (χ4v) is 2.68. The predicted molar refractivity (Wildman–Crippen MR) is 71.2 cm³/mol. The van der Waals surface area contributed by atoms with Gasteiger partial charge in [0.1, 0.15) is 5.82 Å². The fraction of sp³-hybridized carbons (Fsp3) is 0.231. The Labute approximate surface area is 109 Å². The highest BCUT2D eigenvalue weighted by Crippen LogP contribution is 2.28. The molecule has 1 atom stereocenters. The first kappa shape index (κ1) is 12.6. The highest BCUT2D eigenvalue weighted by Gasteiger charge is 2.15. The van der Waals surface area contributed by atoms with Crippen molar-refractivity contribution < 1.29 is 4.39 Å². The Kier molecular flexibility index (Phi) is 4.15. The molecule has 1 aromatic heterocycles. The van der Waals surface area contributed by atoms with Crippen molar-refractivity contribution in [2.24, 2.45) is 0 Å². The van der Waals surface area contributed by atoms with Gasteiger partial charge in [-0.1, -0.05) is 30.7 Å². The van der Waals surface area contributed by atoms with Gasteiger partial charge in [0.25, 0.3) is 0 Å². The molecule has 1 unspecified atom stereocenters. The molecule has 0 aliphatic rings. The number of nitrogens with one attached hydrogen (secondary N) is 1. The van der Waals surface area contributed by atoms with Gasteiger partial charge in [0.05, 0.1) is 11.1 Å². The Morgan fingerprint density at radius 3 is 2.82 bits per heavy atom. The van der Waals surface area contributed by atoms with E-state index in [4.69, 9.17) is 11.6 Å². The van der Waals surface area contributed by atoms with E-state index in [9.17, 15) is 4.39 Å². The van der Waals surface area contributed by atoms with Gasteiger partial charge in [-0.05, 0) is 35.7 Å². The molecule has 0 spiro atoms. The van der Waals surface area contributed by atoms with E-state index in [1.807, 2.05) is 30.5 Å². The lowest BCUT2D eigenvalue weighted by Gasteiger charge is -2.17. The maximum atomic E-state index is 13.5. The summed E-state index contributed by atoms with van der Waals surface area (Å²) in [6.45, 7) is 2.86. The number of thiophene rings is 1. The second kappa shape index (κ2) is 5.63. The first-order chi connectivity index (χ1) is 8.22. The van der Waals surface area contributed by atoms with Crippen LogP contribution in [-0.4, -0.2) is 6.54 Å². The summed E-state index contributed by atoms with van der Waals surface area (Å²) in [5.41, 5.74) is 0.899. The SMILES string of the molecule is CCNC(c1ccc(Cl)c(F)c1)c1cccs1. The molecule has 17 heavy (non-hydrogen) atoms. The van der Waals surface area contributed by atoms with E-state index in [2.05, 4.69) is 5.32 Å². The van der Waals surface area contributed by atoms with Crippen LogP contribution in [0.15, 0.2) is 35.7 Å². The van der Waals surface area contributed by atoms with Gasteiger partial charge >= 0.3 is 0 Å². The second-order valence-corrected chi connectivity index (χ2v) is 5.07. The lowest BCUT2D eigenvalue weighted by Crippen LogP contribution is -2.21. The van der Waals surface area contributed by atoms with E-state index in [0.717, 1.165) is 12.1 Å². The van der Waals surface area contributed by atoms with Gasteiger partial charge in [0, 0.05) is 4.88 Å². The lowest BCUT2D eigenvalue weighted by atomic mass is 10.1. The molecule has 90 valence electrons. The molecule has 1 aromatic carbocycles. The molecule has 0 fully saturated rings. The minimum absolute atomic E-state index is 0.0340. The minimum Gasteiger partial charge on any atom is -0.306 e. The first-order valence-corrected chi connectivity index (χ1v) is 6.70. The summed E-state index contributed by atoms with van der Waals surface area (Å²) >= 11 is 7.35. The largest absolute Gasteiger partial charge is 0.306 e. The molecule has 4 heteroatoms. The standard InChI is InChI=1S/C13H13ClFNS/c1-2-16-13(12-4-3-7-17-12)9-5-6-10(14)11(15)8-9/h3-8,13,16H,2H2,1H3. The molecule has 0 radical (unpaired) electrons. The van der Waals surface area contributed by atoms with Gasteiger partial charge in [-0.2, -0.15) is 0 Å². The van der Waals surface area contributed by atoms with Gasteiger partial charge in [0.2, 0.25) is 0 Å². The Balaban J connectivity index is 2.35. The molecule has 0 aliphatic carbocycles. The Bertz CT molecular complexity index is 484. The Hall–Kier alpha value is -0.900. The average molecular weight is 270 g/mol. The van der Waals surface area contributed by atoms with Crippen molar-refractivity contribution in [1.29, 1.82) is 0 Å². The molecule has 1 N–H and O–H groups in total. The summed E-state index contributed by atoms with van der Waals surface area (Å²) in [7, 11) is 0. The van der Waals surface area contributed by atoms with E-state index < -0.39 is 0 Å². The van der Waals surface area contributed by atoms with Gasteiger partial charge in [-0.3, -0.25) is 0 Å². The molecule has 2 aromatic rings. The van der Waals surface area contributed by atoms with Crippen LogP contribution in [0.3, 0.4) is 0 Å². The van der Waals surface area contributed by atoms with Crippen LogP contribution in [0, 0.1) is 5.82 Å². The molecule has 0 amide bonds. The van der Waals surface area contributed by atoms with E-state index in [-0.39, 0.29) is 16.9 Å². The smallest absolute Gasteiger partial charge is 0.142 e. The normalized spacial score (nSPS) is 12.6. The number of hydrogen-bond acceptors (Lipinski definition) is 2. The predicted octanol–water partition coefficient (Wildman–Crippen LogP) is 4.24. The van der Waals surface area contributed by atoms with Crippen molar-refractivity contribution in [2.45, 2.75) is 13.0 Å². The highest BCUT2D eigenvalue weighted by atomic mass is 35.5. The number of halogens is 2. The minimum atomic E-state index is -0.372. The average Bonchev–Trinajstić information content (AvgIpc) is 2.83.